The summed E-state index contributed by atoms with van der Waals surface area (Å²) in [7, 11) is 0. The van der Waals surface area contributed by atoms with E-state index in [-0.39, 0.29) is 0 Å². The largest absolute Gasteiger partial charge is 0.456 e. The first-order chi connectivity index (χ1) is 66.8. The van der Waals surface area contributed by atoms with E-state index in [4.69, 9.17) is 59.1 Å². The van der Waals surface area contributed by atoms with Gasteiger partial charge in [-0.05, 0) is 177 Å². The van der Waals surface area contributed by atoms with Crippen LogP contribution in [-0.4, -0.2) is 44.9 Å². The average Bonchev–Trinajstić information content (AvgIpc) is 0.742. The van der Waals surface area contributed by atoms with E-state index < -0.39 is 0 Å². The summed E-state index contributed by atoms with van der Waals surface area (Å²) in [4.78, 5) is 44.8. The molecule has 0 spiro atoms. The van der Waals surface area contributed by atoms with Crippen LogP contribution < -0.4 is 14.2 Å². The van der Waals surface area contributed by atoms with Gasteiger partial charge in [-0.15, -0.1) is 0 Å². The lowest BCUT2D eigenvalue weighted by Crippen LogP contribution is -1.98. The number of aromatic nitrogens is 9. The van der Waals surface area contributed by atoms with Crippen molar-refractivity contribution in [2.75, 3.05) is 0 Å². The van der Waals surface area contributed by atoms with Crippen molar-refractivity contribution in [3.05, 3.63) is 455 Å². The number of hydrogen-bond acceptors (Lipinski definition) is 12. The number of para-hydroxylation sites is 3. The zero-order chi connectivity index (χ0) is 89.2. The van der Waals surface area contributed by atoms with Crippen LogP contribution >= 0.6 is 0 Å². The van der Waals surface area contributed by atoms with E-state index in [2.05, 4.69) is 279 Å². The molecule has 135 heavy (non-hydrogen) atoms. The molecule has 0 fully saturated rings. The lowest BCUT2D eigenvalue weighted by molar-refractivity contribution is 0.487. The quantitative estimate of drug-likeness (QED) is 0.115. The number of rotatable bonds is 12. The van der Waals surface area contributed by atoms with Gasteiger partial charge >= 0.3 is 0 Å². The molecule has 0 amide bonds. The Bertz CT molecular complexity index is 7850. The first-order valence-corrected chi connectivity index (χ1v) is 45.1. The maximum Gasteiger partial charge on any atom is 0.160 e. The molecule has 24 aromatic rings. The number of hydrogen-bond donors (Lipinski definition) is 0. The summed E-state index contributed by atoms with van der Waals surface area (Å²) in [6, 6.07) is 150. The predicted octanol–water partition coefficient (Wildman–Crippen LogP) is 31.9. The molecule has 12 nitrogen and oxygen atoms in total. The van der Waals surface area contributed by atoms with Crippen molar-refractivity contribution in [3.8, 4) is 203 Å². The molecule has 0 aliphatic carbocycles. The van der Waals surface area contributed by atoms with E-state index in [0.29, 0.717) is 17.5 Å². The summed E-state index contributed by atoms with van der Waals surface area (Å²) in [6.45, 7) is 0. The standard InChI is InChI=1S/3C41H25N3O/c1-3-10-26(11-4-1)36-24-37(44-41(43-36)27-12-5-2-6-13-27)28-18-20-35-29(22-28)23-30(25-42-35)31-19-21-39-40-33(31)15-9-16-34(40)32-14-7-8-17-38(32)45-39;1-3-10-26(11-4-1)36-24-37(27-12-5-2-6-13-27)44-41(43-36)28-18-20-35-29(22-28)23-30(25-42-35)31-19-21-39-40-33(31)15-9-16-34(40)32-14-7-8-17-38(32)45-39;1-3-10-26(11-4-1)35-24-36(27-12-5-2-6-13-27)44-41(43-35)28-18-19-29-25-42-37(23-30(29)22-28)31-20-21-39-40-33(31)15-9-16-34(40)32-14-7-8-17-38(32)45-39/h3*1-25H. The average molecular weight is 1730 g/mol. The maximum atomic E-state index is 6.33. The van der Waals surface area contributed by atoms with Crippen molar-refractivity contribution >= 4 is 64.9 Å². The highest BCUT2D eigenvalue weighted by molar-refractivity contribution is 6.13. The van der Waals surface area contributed by atoms with Crippen LogP contribution in [0.25, 0.3) is 233 Å². The molecule has 12 heteroatoms. The van der Waals surface area contributed by atoms with Crippen molar-refractivity contribution in [3.63, 3.8) is 0 Å². The van der Waals surface area contributed by atoms with E-state index in [1.807, 2.05) is 176 Å². The summed E-state index contributed by atoms with van der Waals surface area (Å²) in [5.74, 6) is 7.36. The van der Waals surface area contributed by atoms with Crippen molar-refractivity contribution in [1.29, 1.82) is 0 Å². The molecule has 3 aliphatic heterocycles. The minimum absolute atomic E-state index is 0.680. The van der Waals surface area contributed by atoms with Crippen LogP contribution in [0.1, 0.15) is 0 Å². The van der Waals surface area contributed by atoms with Crippen molar-refractivity contribution in [2.45, 2.75) is 0 Å². The highest BCUT2D eigenvalue weighted by Crippen LogP contribution is 2.53. The topological polar surface area (TPSA) is 144 Å². The second kappa shape index (κ2) is 33.6. The SMILES string of the molecule is c1ccc(-c2cc(-c3ccc4ncc(-c5ccc6c7c(cccc57)-c5ccccc5O6)cc4c3)nc(-c3ccccc3)n2)cc1.c1ccc(-c2cc(-c3ccccc3)nc(-c3ccc4cnc(-c5ccc6c7c(cccc57)-c5ccccc5O6)cc4c3)n2)cc1.c1ccc(-c2cc(-c3ccccc3)nc(-c3ccc4ncc(-c5ccc6c7c(cccc57)-c5ccccc5O6)cc4c3)n2)cc1. The van der Waals surface area contributed by atoms with Crippen LogP contribution in [-0.2, 0) is 0 Å². The molecule has 0 atom stereocenters. The van der Waals surface area contributed by atoms with Gasteiger partial charge in [0, 0.05) is 134 Å². The normalized spacial score (nSPS) is 11.7. The molecular formula is C123H75N9O3. The lowest BCUT2D eigenvalue weighted by Gasteiger charge is -2.22. The smallest absolute Gasteiger partial charge is 0.160 e. The summed E-state index contributed by atoms with van der Waals surface area (Å²) in [5, 5.41) is 11.0. The molecule has 630 valence electrons. The lowest BCUT2D eigenvalue weighted by atomic mass is 9.90. The third-order valence-electron chi connectivity index (χ3n) is 25.6. The number of pyridine rings is 3. The molecule has 6 aromatic heterocycles. The van der Waals surface area contributed by atoms with Crippen molar-refractivity contribution in [2.24, 2.45) is 0 Å². The van der Waals surface area contributed by atoms with Gasteiger partial charge in [0.1, 0.15) is 34.5 Å². The van der Waals surface area contributed by atoms with E-state index in [9.17, 15) is 0 Å². The molecular weight excluding hydrogens is 1650 g/mol. The van der Waals surface area contributed by atoms with Gasteiger partial charge in [0.25, 0.3) is 0 Å². The van der Waals surface area contributed by atoms with Crippen molar-refractivity contribution < 1.29 is 14.2 Å². The van der Waals surface area contributed by atoms with Gasteiger partial charge in [0.2, 0.25) is 0 Å². The number of ether oxygens (including phenoxy) is 3. The summed E-state index contributed by atoms with van der Waals surface area (Å²) < 4.78 is 19.0. The molecule has 0 unspecified atom stereocenters. The maximum absolute atomic E-state index is 6.33. The Hall–Kier alpha value is -18.4. The van der Waals surface area contributed by atoms with Crippen LogP contribution in [0.3, 0.4) is 0 Å². The molecule has 0 bridgehead atoms. The molecule has 0 saturated heterocycles. The van der Waals surface area contributed by atoms with E-state index in [1.54, 1.807) is 0 Å². The molecule has 0 N–H and O–H groups in total. The first-order valence-electron chi connectivity index (χ1n) is 45.1. The van der Waals surface area contributed by atoms with Crippen molar-refractivity contribution in [1.82, 2.24) is 44.9 Å². The van der Waals surface area contributed by atoms with Gasteiger partial charge in [0.05, 0.1) is 50.9 Å². The van der Waals surface area contributed by atoms with Crippen LogP contribution in [0.2, 0.25) is 0 Å². The van der Waals surface area contributed by atoms with E-state index in [1.165, 1.54) is 16.7 Å². The molecule has 27 rings (SSSR count). The van der Waals surface area contributed by atoms with Gasteiger partial charge < -0.3 is 14.2 Å². The minimum Gasteiger partial charge on any atom is -0.456 e. The number of nitrogens with zero attached hydrogens (tertiary/aromatic N) is 9. The fourth-order valence-corrected chi connectivity index (χ4v) is 19.0. The Labute approximate surface area is 777 Å². The van der Waals surface area contributed by atoms with Gasteiger partial charge in [-0.2, -0.15) is 0 Å². The molecule has 0 saturated carbocycles. The summed E-state index contributed by atoms with van der Waals surface area (Å²) in [6.07, 6.45) is 5.88. The Kier molecular flexibility index (Phi) is 19.6. The van der Waals surface area contributed by atoms with Crippen LogP contribution in [0.4, 0.5) is 0 Å². The molecule has 3 aliphatic rings. The predicted molar refractivity (Wildman–Crippen MR) is 546 cm³/mol. The summed E-state index contributed by atoms with van der Waals surface area (Å²) in [5.41, 5.74) is 29.5. The monoisotopic (exact) mass is 1730 g/mol. The van der Waals surface area contributed by atoms with E-state index in [0.717, 1.165) is 234 Å². The third kappa shape index (κ3) is 14.8. The highest BCUT2D eigenvalue weighted by atomic mass is 16.5. The van der Waals surface area contributed by atoms with Gasteiger partial charge in [-0.1, -0.05) is 309 Å². The first kappa shape index (κ1) is 78.8. The molecule has 0 radical (unpaired) electrons. The van der Waals surface area contributed by atoms with Gasteiger partial charge in [-0.25, -0.2) is 29.9 Å². The fourth-order valence-electron chi connectivity index (χ4n) is 19.0. The van der Waals surface area contributed by atoms with E-state index >= 15 is 0 Å². The van der Waals surface area contributed by atoms with Crippen LogP contribution in [0, 0.1) is 0 Å². The van der Waals surface area contributed by atoms with Gasteiger partial charge in [0.15, 0.2) is 17.5 Å². The zero-order valence-corrected chi connectivity index (χ0v) is 72.6. The van der Waals surface area contributed by atoms with Gasteiger partial charge in [-0.3, -0.25) is 15.0 Å². The second-order valence-electron chi connectivity index (χ2n) is 33.8. The van der Waals surface area contributed by atoms with Crippen LogP contribution in [0.5, 0.6) is 34.5 Å². The molecule has 18 aromatic carbocycles. The Balaban J connectivity index is 0.000000108. The van der Waals surface area contributed by atoms with Crippen LogP contribution in [0.15, 0.2) is 455 Å². The minimum atomic E-state index is 0.680. The summed E-state index contributed by atoms with van der Waals surface area (Å²) >= 11 is 0. The Morgan fingerprint density at radius 1 is 0.148 bits per heavy atom. The zero-order valence-electron chi connectivity index (χ0n) is 72.6. The Morgan fingerprint density at radius 2 is 0.452 bits per heavy atom. The number of fused-ring (bicyclic) bond motifs is 9. The second-order valence-corrected chi connectivity index (χ2v) is 33.8. The molecule has 9 heterocycles. The third-order valence-corrected chi connectivity index (χ3v) is 25.6. The highest BCUT2D eigenvalue weighted by Gasteiger charge is 2.27. The number of benzene rings is 18. The fraction of sp³-hybridized carbons (Fsp3) is 0. The Morgan fingerprint density at radius 3 is 0.852 bits per heavy atom.